The molecular formula is C23H34N4O4S. The normalized spacial score (nSPS) is 18.2. The van der Waals surface area contributed by atoms with Crippen LogP contribution in [-0.2, 0) is 28.9 Å². The fourth-order valence-electron chi connectivity index (χ4n) is 4.48. The van der Waals surface area contributed by atoms with Crippen molar-refractivity contribution in [2.24, 2.45) is 0 Å². The number of aromatic nitrogens is 2. The summed E-state index contributed by atoms with van der Waals surface area (Å²) < 4.78 is 10.9. The van der Waals surface area contributed by atoms with Gasteiger partial charge in [0.15, 0.2) is 0 Å². The molecule has 0 unspecified atom stereocenters. The van der Waals surface area contributed by atoms with Gasteiger partial charge in [0.05, 0.1) is 44.5 Å². The zero-order chi connectivity index (χ0) is 22.3. The van der Waals surface area contributed by atoms with Crippen molar-refractivity contribution in [1.29, 1.82) is 0 Å². The van der Waals surface area contributed by atoms with Gasteiger partial charge in [0.1, 0.15) is 10.7 Å². The van der Waals surface area contributed by atoms with Crippen molar-refractivity contribution >= 4 is 21.6 Å². The van der Waals surface area contributed by atoms with Gasteiger partial charge in [-0.3, -0.25) is 14.6 Å². The molecule has 1 aliphatic heterocycles. The number of aromatic amines is 1. The summed E-state index contributed by atoms with van der Waals surface area (Å²) in [4.78, 5) is 27.4. The fourth-order valence-corrected chi connectivity index (χ4v) is 5.76. The predicted molar refractivity (Wildman–Crippen MR) is 126 cm³/mol. The molecule has 3 heterocycles. The maximum atomic E-state index is 12.9. The second-order valence-corrected chi connectivity index (χ2v) is 9.66. The number of fused-ring (bicyclic) bond motifs is 3. The van der Waals surface area contributed by atoms with Gasteiger partial charge in [0, 0.05) is 37.6 Å². The van der Waals surface area contributed by atoms with Gasteiger partial charge >= 0.3 is 0 Å². The Morgan fingerprint density at radius 1 is 1.34 bits per heavy atom. The van der Waals surface area contributed by atoms with E-state index in [9.17, 15) is 9.90 Å². The second-order valence-electron chi connectivity index (χ2n) is 8.57. The van der Waals surface area contributed by atoms with E-state index in [1.165, 1.54) is 16.9 Å². The largest absolute Gasteiger partial charge is 0.389 e. The summed E-state index contributed by atoms with van der Waals surface area (Å²) >= 11 is 1.67. The lowest BCUT2D eigenvalue weighted by atomic mass is 9.97. The SMILES string of the molecule is C=CCOC[C@@H](O)CN(CCN1CCOCC1)Cc1nc2sc3c(c2c(=O)[nH]1)CCCC3. The molecule has 32 heavy (non-hydrogen) atoms. The van der Waals surface area contributed by atoms with Crippen LogP contribution in [0, 0.1) is 0 Å². The summed E-state index contributed by atoms with van der Waals surface area (Å²) in [6, 6.07) is 0. The van der Waals surface area contributed by atoms with Gasteiger partial charge < -0.3 is 19.6 Å². The summed E-state index contributed by atoms with van der Waals surface area (Å²) in [5.74, 6) is 0.655. The number of aliphatic hydroxyl groups is 1. The number of nitrogens with one attached hydrogen (secondary N) is 1. The van der Waals surface area contributed by atoms with E-state index in [4.69, 9.17) is 14.5 Å². The van der Waals surface area contributed by atoms with E-state index in [0.29, 0.717) is 25.5 Å². The van der Waals surface area contributed by atoms with Gasteiger partial charge in [0.2, 0.25) is 0 Å². The topological polar surface area (TPSA) is 90.9 Å². The Balaban J connectivity index is 1.47. The number of thiophene rings is 1. The van der Waals surface area contributed by atoms with Gasteiger partial charge in [-0.15, -0.1) is 17.9 Å². The molecule has 176 valence electrons. The highest BCUT2D eigenvalue weighted by Crippen LogP contribution is 2.33. The number of aliphatic hydroxyl groups excluding tert-OH is 1. The number of nitrogens with zero attached hydrogens (tertiary/aromatic N) is 3. The van der Waals surface area contributed by atoms with Crippen LogP contribution in [0.15, 0.2) is 17.4 Å². The Bertz CT molecular complexity index is 953. The molecule has 1 aliphatic carbocycles. The lowest BCUT2D eigenvalue weighted by Crippen LogP contribution is -2.43. The Kier molecular flexibility index (Phi) is 8.45. The van der Waals surface area contributed by atoms with Crippen LogP contribution >= 0.6 is 11.3 Å². The molecule has 0 saturated carbocycles. The van der Waals surface area contributed by atoms with Gasteiger partial charge in [-0.2, -0.15) is 0 Å². The van der Waals surface area contributed by atoms with Crippen molar-refractivity contribution in [3.63, 3.8) is 0 Å². The van der Waals surface area contributed by atoms with E-state index in [1.54, 1.807) is 17.4 Å². The molecule has 1 fully saturated rings. The molecule has 8 nitrogen and oxygen atoms in total. The molecule has 0 amide bonds. The quantitative estimate of drug-likeness (QED) is 0.387. The third-order valence-electron chi connectivity index (χ3n) is 6.10. The summed E-state index contributed by atoms with van der Waals surface area (Å²) in [5.41, 5.74) is 1.17. The molecule has 2 N–H and O–H groups in total. The molecule has 2 aromatic rings. The Labute approximate surface area is 192 Å². The molecule has 0 bridgehead atoms. The van der Waals surface area contributed by atoms with Crippen LogP contribution in [0.5, 0.6) is 0 Å². The molecule has 0 radical (unpaired) electrons. The van der Waals surface area contributed by atoms with Crippen molar-refractivity contribution < 1.29 is 14.6 Å². The fraction of sp³-hybridized carbons (Fsp3) is 0.652. The first kappa shape index (κ1) is 23.5. The second kappa shape index (κ2) is 11.5. The Hall–Kier alpha value is -1.62. The molecular weight excluding hydrogens is 428 g/mol. The Morgan fingerprint density at radius 3 is 2.97 bits per heavy atom. The highest BCUT2D eigenvalue weighted by atomic mass is 32.1. The summed E-state index contributed by atoms with van der Waals surface area (Å²) in [5, 5.41) is 11.3. The van der Waals surface area contributed by atoms with Gasteiger partial charge in [-0.25, -0.2) is 4.98 Å². The van der Waals surface area contributed by atoms with Crippen LogP contribution in [0.2, 0.25) is 0 Å². The monoisotopic (exact) mass is 462 g/mol. The van der Waals surface area contributed by atoms with E-state index < -0.39 is 6.10 Å². The minimum Gasteiger partial charge on any atom is -0.389 e. The van der Waals surface area contributed by atoms with Crippen molar-refractivity contribution in [3.05, 3.63) is 39.3 Å². The number of aryl methyl sites for hydroxylation is 2. The van der Waals surface area contributed by atoms with Crippen molar-refractivity contribution in [3.8, 4) is 0 Å². The minimum absolute atomic E-state index is 0.0348. The molecule has 2 aromatic heterocycles. The van der Waals surface area contributed by atoms with E-state index in [2.05, 4.69) is 21.4 Å². The summed E-state index contributed by atoms with van der Waals surface area (Å²) in [6.07, 6.45) is 5.40. The van der Waals surface area contributed by atoms with Crippen LogP contribution in [0.1, 0.15) is 29.1 Å². The Morgan fingerprint density at radius 2 is 2.16 bits per heavy atom. The molecule has 4 rings (SSSR count). The zero-order valence-electron chi connectivity index (χ0n) is 18.7. The molecule has 0 spiro atoms. The molecule has 1 saturated heterocycles. The highest BCUT2D eigenvalue weighted by Gasteiger charge is 2.21. The number of hydrogen-bond donors (Lipinski definition) is 2. The van der Waals surface area contributed by atoms with Crippen molar-refractivity contribution in [1.82, 2.24) is 19.8 Å². The zero-order valence-corrected chi connectivity index (χ0v) is 19.5. The van der Waals surface area contributed by atoms with E-state index in [1.807, 2.05) is 0 Å². The first-order valence-electron chi connectivity index (χ1n) is 11.6. The van der Waals surface area contributed by atoms with Crippen LogP contribution in [0.4, 0.5) is 0 Å². The van der Waals surface area contributed by atoms with Crippen LogP contribution in [0.25, 0.3) is 10.2 Å². The van der Waals surface area contributed by atoms with Crippen LogP contribution in [0.3, 0.4) is 0 Å². The minimum atomic E-state index is -0.621. The number of H-pyrrole nitrogens is 1. The van der Waals surface area contributed by atoms with Crippen molar-refractivity contribution in [2.45, 2.75) is 38.3 Å². The first-order chi connectivity index (χ1) is 15.6. The summed E-state index contributed by atoms with van der Waals surface area (Å²) in [6.45, 7) is 10.2. The number of ether oxygens (including phenoxy) is 2. The van der Waals surface area contributed by atoms with Crippen LogP contribution in [-0.4, -0.2) is 90.1 Å². The number of morpholine rings is 1. The summed E-state index contributed by atoms with van der Waals surface area (Å²) in [7, 11) is 0. The number of rotatable bonds is 11. The van der Waals surface area contributed by atoms with Crippen LogP contribution < -0.4 is 5.56 Å². The average Bonchev–Trinajstić information content (AvgIpc) is 3.17. The first-order valence-corrected chi connectivity index (χ1v) is 12.4. The maximum absolute atomic E-state index is 12.9. The molecule has 2 aliphatic rings. The molecule has 0 aromatic carbocycles. The number of hydrogen-bond acceptors (Lipinski definition) is 8. The van der Waals surface area contributed by atoms with E-state index in [0.717, 1.165) is 68.9 Å². The van der Waals surface area contributed by atoms with Gasteiger partial charge in [0.25, 0.3) is 5.56 Å². The smallest absolute Gasteiger partial charge is 0.259 e. The average molecular weight is 463 g/mol. The van der Waals surface area contributed by atoms with Crippen molar-refractivity contribution in [2.75, 3.05) is 59.2 Å². The van der Waals surface area contributed by atoms with Gasteiger partial charge in [-0.05, 0) is 31.2 Å². The lowest BCUT2D eigenvalue weighted by Gasteiger charge is -2.30. The molecule has 9 heteroatoms. The third-order valence-corrected chi connectivity index (χ3v) is 7.28. The third kappa shape index (κ3) is 6.03. The maximum Gasteiger partial charge on any atom is 0.259 e. The van der Waals surface area contributed by atoms with E-state index in [-0.39, 0.29) is 12.2 Å². The van der Waals surface area contributed by atoms with Gasteiger partial charge in [-0.1, -0.05) is 6.08 Å². The molecule has 1 atom stereocenters. The van der Waals surface area contributed by atoms with E-state index >= 15 is 0 Å². The standard InChI is InChI=1S/C23H34N4O4S/c1-2-11-31-16-17(28)14-27(8-7-26-9-12-30-13-10-26)15-20-24-22(29)21-18-5-3-4-6-19(18)32-23(21)25-20/h2,17,28H,1,3-16H2,(H,24,25,29)/t17-/m0/s1. The highest BCUT2D eigenvalue weighted by molar-refractivity contribution is 7.18. The predicted octanol–water partition coefficient (Wildman–Crippen LogP) is 1.56. The lowest BCUT2D eigenvalue weighted by molar-refractivity contribution is 0.0124.